The Bertz CT molecular complexity index is 611. The van der Waals surface area contributed by atoms with E-state index >= 15 is 0 Å². The summed E-state index contributed by atoms with van der Waals surface area (Å²) in [5.41, 5.74) is 1.28. The maximum Gasteiger partial charge on any atom is 0.277 e. The summed E-state index contributed by atoms with van der Waals surface area (Å²) in [5, 5.41) is 6.38. The summed E-state index contributed by atoms with van der Waals surface area (Å²) in [6.45, 7) is 6.72. The first-order valence-corrected chi connectivity index (χ1v) is 7.29. The molecule has 0 aromatic carbocycles. The number of nitrogens with one attached hydrogen (secondary N) is 2. The third-order valence-electron chi connectivity index (χ3n) is 2.67. The van der Waals surface area contributed by atoms with Crippen molar-refractivity contribution in [2.24, 2.45) is 0 Å². The standard InChI is InChI=1S/C13H17N5OS/c1-4-9-8(3)20-13(17-9)18-12(19)10-6-14-7-11(16-10)15-5-2/h6-7H,4-5H2,1-3H3,(H,15,16)(H,17,18,19). The molecule has 0 saturated heterocycles. The van der Waals surface area contributed by atoms with Crippen molar-refractivity contribution in [2.75, 3.05) is 17.2 Å². The lowest BCUT2D eigenvalue weighted by Crippen LogP contribution is -2.15. The molecule has 0 bridgehead atoms. The molecule has 0 aliphatic rings. The van der Waals surface area contributed by atoms with Crippen LogP contribution in [-0.4, -0.2) is 27.4 Å². The number of aromatic nitrogens is 3. The van der Waals surface area contributed by atoms with Crippen LogP contribution in [0.3, 0.4) is 0 Å². The van der Waals surface area contributed by atoms with Crippen molar-refractivity contribution in [3.8, 4) is 0 Å². The maximum absolute atomic E-state index is 12.1. The van der Waals surface area contributed by atoms with Crippen molar-refractivity contribution in [1.29, 1.82) is 0 Å². The summed E-state index contributed by atoms with van der Waals surface area (Å²) in [5.74, 6) is 0.290. The van der Waals surface area contributed by atoms with Gasteiger partial charge in [0.1, 0.15) is 11.5 Å². The van der Waals surface area contributed by atoms with Gasteiger partial charge in [-0.3, -0.25) is 15.1 Å². The van der Waals surface area contributed by atoms with Gasteiger partial charge in [-0.2, -0.15) is 0 Å². The number of nitrogens with zero attached hydrogens (tertiary/aromatic N) is 3. The van der Waals surface area contributed by atoms with Gasteiger partial charge in [-0.1, -0.05) is 6.92 Å². The lowest BCUT2D eigenvalue weighted by atomic mass is 10.3. The maximum atomic E-state index is 12.1. The summed E-state index contributed by atoms with van der Waals surface area (Å²) in [6.07, 6.45) is 3.88. The third-order valence-corrected chi connectivity index (χ3v) is 3.60. The van der Waals surface area contributed by atoms with E-state index < -0.39 is 0 Å². The molecule has 20 heavy (non-hydrogen) atoms. The SMILES string of the molecule is CCNc1cncc(C(=O)Nc2nc(CC)c(C)s2)n1. The molecule has 0 aliphatic carbocycles. The van der Waals surface area contributed by atoms with Crippen molar-refractivity contribution < 1.29 is 4.79 Å². The molecule has 1 amide bonds. The number of carbonyl (C=O) groups excluding carboxylic acids is 1. The molecule has 0 spiro atoms. The van der Waals surface area contributed by atoms with Crippen LogP contribution in [0, 0.1) is 6.92 Å². The van der Waals surface area contributed by atoms with E-state index in [1.807, 2.05) is 20.8 Å². The molecule has 0 radical (unpaired) electrons. The van der Waals surface area contributed by atoms with E-state index in [9.17, 15) is 4.79 Å². The zero-order valence-electron chi connectivity index (χ0n) is 11.7. The number of anilines is 2. The van der Waals surface area contributed by atoms with Gasteiger partial charge in [-0.25, -0.2) is 9.97 Å². The highest BCUT2D eigenvalue weighted by Gasteiger charge is 2.13. The van der Waals surface area contributed by atoms with Crippen molar-refractivity contribution in [3.05, 3.63) is 28.7 Å². The number of carbonyl (C=O) groups is 1. The minimum atomic E-state index is -0.298. The van der Waals surface area contributed by atoms with Crippen LogP contribution in [0.1, 0.15) is 34.9 Å². The summed E-state index contributed by atoms with van der Waals surface area (Å²) in [7, 11) is 0. The Kier molecular flexibility index (Phi) is 4.62. The second-order valence-corrected chi connectivity index (χ2v) is 5.35. The molecule has 106 valence electrons. The third kappa shape index (κ3) is 3.30. The molecule has 2 aromatic heterocycles. The molecule has 0 aliphatic heterocycles. The fraction of sp³-hybridized carbons (Fsp3) is 0.385. The summed E-state index contributed by atoms with van der Waals surface area (Å²) < 4.78 is 0. The number of amides is 1. The molecule has 0 saturated carbocycles. The zero-order valence-corrected chi connectivity index (χ0v) is 12.5. The number of thiazole rings is 1. The van der Waals surface area contributed by atoms with Gasteiger partial charge >= 0.3 is 0 Å². The minimum absolute atomic E-state index is 0.273. The molecule has 0 atom stereocenters. The Morgan fingerprint density at radius 2 is 2.10 bits per heavy atom. The molecule has 7 heteroatoms. The van der Waals surface area contributed by atoms with Crippen molar-refractivity contribution in [3.63, 3.8) is 0 Å². The molecular formula is C13H17N5OS. The zero-order chi connectivity index (χ0) is 14.5. The van der Waals surface area contributed by atoms with E-state index in [0.29, 0.717) is 10.9 Å². The first-order valence-electron chi connectivity index (χ1n) is 6.47. The van der Waals surface area contributed by atoms with Gasteiger partial charge in [0.2, 0.25) is 0 Å². The average molecular weight is 291 g/mol. The van der Waals surface area contributed by atoms with Gasteiger partial charge in [0.05, 0.1) is 18.1 Å². The van der Waals surface area contributed by atoms with Crippen LogP contribution in [0.4, 0.5) is 10.9 Å². The van der Waals surface area contributed by atoms with Gasteiger partial charge in [-0.05, 0) is 20.3 Å². The number of hydrogen-bond acceptors (Lipinski definition) is 6. The topological polar surface area (TPSA) is 79.8 Å². The molecule has 2 heterocycles. The van der Waals surface area contributed by atoms with E-state index in [0.717, 1.165) is 23.5 Å². The fourth-order valence-corrected chi connectivity index (χ4v) is 2.61. The van der Waals surface area contributed by atoms with Crippen LogP contribution < -0.4 is 10.6 Å². The van der Waals surface area contributed by atoms with Crippen molar-refractivity contribution in [2.45, 2.75) is 27.2 Å². The largest absolute Gasteiger partial charge is 0.369 e. The Morgan fingerprint density at radius 3 is 2.75 bits per heavy atom. The monoisotopic (exact) mass is 291 g/mol. The van der Waals surface area contributed by atoms with Crippen molar-refractivity contribution in [1.82, 2.24) is 15.0 Å². The quantitative estimate of drug-likeness (QED) is 0.884. The highest BCUT2D eigenvalue weighted by molar-refractivity contribution is 7.15. The van der Waals surface area contributed by atoms with Crippen LogP contribution in [-0.2, 0) is 6.42 Å². The number of aryl methyl sites for hydroxylation is 2. The smallest absolute Gasteiger partial charge is 0.277 e. The number of rotatable bonds is 5. The summed E-state index contributed by atoms with van der Waals surface area (Å²) in [6, 6.07) is 0. The van der Waals surface area contributed by atoms with Crippen LogP contribution in [0.25, 0.3) is 0 Å². The van der Waals surface area contributed by atoms with Gasteiger partial charge in [-0.15, -0.1) is 11.3 Å². The lowest BCUT2D eigenvalue weighted by Gasteiger charge is -2.04. The first-order chi connectivity index (χ1) is 9.63. The predicted octanol–water partition coefficient (Wildman–Crippen LogP) is 2.49. The highest BCUT2D eigenvalue weighted by atomic mass is 32.1. The van der Waals surface area contributed by atoms with E-state index in [-0.39, 0.29) is 11.6 Å². The Labute approximate surface area is 121 Å². The molecule has 2 rings (SSSR count). The second-order valence-electron chi connectivity index (χ2n) is 4.15. The molecule has 2 aromatic rings. The normalized spacial score (nSPS) is 10.3. The highest BCUT2D eigenvalue weighted by Crippen LogP contribution is 2.22. The van der Waals surface area contributed by atoms with Crippen LogP contribution in [0.5, 0.6) is 0 Å². The van der Waals surface area contributed by atoms with Gasteiger partial charge in [0.15, 0.2) is 5.13 Å². The first kappa shape index (κ1) is 14.4. The molecule has 6 nitrogen and oxygen atoms in total. The van der Waals surface area contributed by atoms with Crippen LogP contribution in [0.15, 0.2) is 12.4 Å². The lowest BCUT2D eigenvalue weighted by molar-refractivity contribution is 0.102. The fourth-order valence-electron chi connectivity index (χ4n) is 1.71. The Morgan fingerprint density at radius 1 is 1.30 bits per heavy atom. The van der Waals surface area contributed by atoms with Gasteiger partial charge in [0, 0.05) is 11.4 Å². The van der Waals surface area contributed by atoms with Gasteiger partial charge < -0.3 is 5.32 Å². The Balaban J connectivity index is 2.12. The predicted molar refractivity (Wildman–Crippen MR) is 80.4 cm³/mol. The van der Waals surface area contributed by atoms with Crippen LogP contribution >= 0.6 is 11.3 Å². The second kappa shape index (κ2) is 6.42. The molecule has 2 N–H and O–H groups in total. The van der Waals surface area contributed by atoms with Crippen molar-refractivity contribution >= 4 is 28.2 Å². The Hall–Kier alpha value is -2.02. The summed E-state index contributed by atoms with van der Waals surface area (Å²) in [4.78, 5) is 25.8. The van der Waals surface area contributed by atoms with E-state index in [1.165, 1.54) is 17.5 Å². The van der Waals surface area contributed by atoms with E-state index in [4.69, 9.17) is 0 Å². The summed E-state index contributed by atoms with van der Waals surface area (Å²) >= 11 is 1.47. The minimum Gasteiger partial charge on any atom is -0.369 e. The molecular weight excluding hydrogens is 274 g/mol. The number of hydrogen-bond donors (Lipinski definition) is 2. The van der Waals surface area contributed by atoms with Crippen LogP contribution in [0.2, 0.25) is 0 Å². The van der Waals surface area contributed by atoms with Gasteiger partial charge in [0.25, 0.3) is 5.91 Å². The molecule has 0 unspecified atom stereocenters. The molecule has 0 fully saturated rings. The average Bonchev–Trinajstić information content (AvgIpc) is 2.79. The van der Waals surface area contributed by atoms with E-state index in [2.05, 4.69) is 25.6 Å². The van der Waals surface area contributed by atoms with E-state index in [1.54, 1.807) is 6.20 Å².